The van der Waals surface area contributed by atoms with Crippen LogP contribution in [0, 0.1) is 11.3 Å². The lowest BCUT2D eigenvalue weighted by atomic mass is 9.59. The SMILES string of the molecule is CCC12CCC=CC1CCCC2OO. The second kappa shape index (κ2) is 4.03. The van der Waals surface area contributed by atoms with Crippen molar-refractivity contribution in [3.8, 4) is 0 Å². The van der Waals surface area contributed by atoms with Crippen molar-refractivity contribution in [1.82, 2.24) is 0 Å². The van der Waals surface area contributed by atoms with Crippen LogP contribution in [-0.4, -0.2) is 11.4 Å². The van der Waals surface area contributed by atoms with Crippen LogP contribution in [0.1, 0.15) is 45.4 Å². The summed E-state index contributed by atoms with van der Waals surface area (Å²) in [6, 6.07) is 0. The predicted molar refractivity (Wildman–Crippen MR) is 55.9 cm³/mol. The highest BCUT2D eigenvalue weighted by Crippen LogP contribution is 2.51. The zero-order chi connectivity index (χ0) is 10.0. The molecule has 2 aliphatic rings. The molecular weight excluding hydrogens is 176 g/mol. The zero-order valence-electron chi connectivity index (χ0n) is 8.91. The molecule has 0 saturated heterocycles. The third-order valence-corrected chi connectivity index (χ3v) is 4.29. The Labute approximate surface area is 85.9 Å². The standard InChI is InChI=1S/C12H20O2/c1-2-12-9-4-3-6-10(12)7-5-8-11(12)14-13/h3,6,10-11,13H,2,4-5,7-9H2,1H3. The lowest BCUT2D eigenvalue weighted by Crippen LogP contribution is -2.46. The van der Waals surface area contributed by atoms with E-state index in [1.807, 2.05) is 0 Å². The Morgan fingerprint density at radius 1 is 1.50 bits per heavy atom. The maximum absolute atomic E-state index is 9.00. The monoisotopic (exact) mass is 196 g/mol. The number of hydrogen-bond donors (Lipinski definition) is 1. The Kier molecular flexibility index (Phi) is 2.93. The van der Waals surface area contributed by atoms with E-state index in [0.29, 0.717) is 5.92 Å². The minimum atomic E-state index is 0.0659. The summed E-state index contributed by atoms with van der Waals surface area (Å²) in [6.45, 7) is 2.23. The first-order chi connectivity index (χ1) is 6.83. The van der Waals surface area contributed by atoms with Crippen LogP contribution in [0.3, 0.4) is 0 Å². The van der Waals surface area contributed by atoms with Crippen LogP contribution in [0.4, 0.5) is 0 Å². The molecule has 3 atom stereocenters. The normalized spacial score (nSPS) is 42.1. The van der Waals surface area contributed by atoms with Gasteiger partial charge in [-0.3, -0.25) is 5.26 Å². The summed E-state index contributed by atoms with van der Waals surface area (Å²) in [6.07, 6.45) is 11.6. The molecule has 0 heterocycles. The van der Waals surface area contributed by atoms with Crippen molar-refractivity contribution in [1.29, 1.82) is 0 Å². The van der Waals surface area contributed by atoms with Crippen LogP contribution in [0.2, 0.25) is 0 Å². The van der Waals surface area contributed by atoms with Gasteiger partial charge in [0, 0.05) is 5.41 Å². The summed E-state index contributed by atoms with van der Waals surface area (Å²) in [7, 11) is 0. The molecule has 2 aliphatic carbocycles. The molecule has 2 rings (SSSR count). The summed E-state index contributed by atoms with van der Waals surface area (Å²) >= 11 is 0. The maximum Gasteiger partial charge on any atom is 0.0988 e. The molecule has 1 saturated carbocycles. The van der Waals surface area contributed by atoms with Gasteiger partial charge in [0.05, 0.1) is 6.10 Å². The van der Waals surface area contributed by atoms with Crippen molar-refractivity contribution in [3.63, 3.8) is 0 Å². The van der Waals surface area contributed by atoms with E-state index >= 15 is 0 Å². The zero-order valence-corrected chi connectivity index (χ0v) is 8.91. The van der Waals surface area contributed by atoms with Crippen LogP contribution in [-0.2, 0) is 4.89 Å². The molecule has 0 amide bonds. The van der Waals surface area contributed by atoms with Crippen LogP contribution >= 0.6 is 0 Å². The highest BCUT2D eigenvalue weighted by molar-refractivity contribution is 5.08. The fourth-order valence-electron chi connectivity index (χ4n) is 3.41. The topological polar surface area (TPSA) is 29.5 Å². The Morgan fingerprint density at radius 2 is 2.36 bits per heavy atom. The van der Waals surface area contributed by atoms with Gasteiger partial charge in [-0.2, -0.15) is 0 Å². The second-order valence-corrected chi connectivity index (χ2v) is 4.68. The van der Waals surface area contributed by atoms with Gasteiger partial charge in [0.1, 0.15) is 0 Å². The van der Waals surface area contributed by atoms with Crippen LogP contribution in [0.5, 0.6) is 0 Å². The minimum Gasteiger partial charge on any atom is -0.252 e. The third-order valence-electron chi connectivity index (χ3n) is 4.29. The third kappa shape index (κ3) is 1.41. The van der Waals surface area contributed by atoms with E-state index in [1.54, 1.807) is 0 Å². The van der Waals surface area contributed by atoms with E-state index < -0.39 is 0 Å². The van der Waals surface area contributed by atoms with Gasteiger partial charge in [-0.15, -0.1) is 0 Å². The average molecular weight is 196 g/mol. The van der Waals surface area contributed by atoms with Crippen molar-refractivity contribution < 1.29 is 10.1 Å². The number of hydrogen-bond acceptors (Lipinski definition) is 2. The molecule has 0 aromatic rings. The summed E-state index contributed by atoms with van der Waals surface area (Å²) in [5, 5.41) is 9.00. The van der Waals surface area contributed by atoms with Crippen LogP contribution < -0.4 is 0 Å². The van der Waals surface area contributed by atoms with Crippen molar-refractivity contribution in [2.45, 2.75) is 51.6 Å². The fraction of sp³-hybridized carbons (Fsp3) is 0.833. The molecule has 0 bridgehead atoms. The van der Waals surface area contributed by atoms with E-state index in [4.69, 9.17) is 10.1 Å². The molecule has 2 heteroatoms. The number of allylic oxidation sites excluding steroid dienone is 2. The molecule has 3 unspecified atom stereocenters. The largest absolute Gasteiger partial charge is 0.252 e. The molecule has 0 radical (unpaired) electrons. The molecule has 0 aromatic heterocycles. The van der Waals surface area contributed by atoms with E-state index in [0.717, 1.165) is 19.3 Å². The van der Waals surface area contributed by atoms with Gasteiger partial charge >= 0.3 is 0 Å². The molecule has 0 aromatic carbocycles. The maximum atomic E-state index is 9.00. The average Bonchev–Trinajstić information content (AvgIpc) is 2.27. The van der Waals surface area contributed by atoms with Gasteiger partial charge in [-0.05, 0) is 38.0 Å². The van der Waals surface area contributed by atoms with E-state index in [9.17, 15) is 0 Å². The van der Waals surface area contributed by atoms with Crippen LogP contribution in [0.25, 0.3) is 0 Å². The van der Waals surface area contributed by atoms with Crippen molar-refractivity contribution in [2.24, 2.45) is 11.3 Å². The summed E-state index contributed by atoms with van der Waals surface area (Å²) < 4.78 is 0. The molecule has 0 spiro atoms. The Hall–Kier alpha value is -0.340. The second-order valence-electron chi connectivity index (χ2n) is 4.68. The summed E-state index contributed by atoms with van der Waals surface area (Å²) in [5.74, 6) is 0.632. The van der Waals surface area contributed by atoms with Gasteiger partial charge in [0.25, 0.3) is 0 Å². The first kappa shape index (κ1) is 10.2. The minimum absolute atomic E-state index is 0.0659. The number of rotatable bonds is 2. The van der Waals surface area contributed by atoms with E-state index in [2.05, 4.69) is 19.1 Å². The molecule has 1 fully saturated rings. The lowest BCUT2D eigenvalue weighted by molar-refractivity contribution is -0.317. The molecule has 1 N–H and O–H groups in total. The van der Waals surface area contributed by atoms with Gasteiger partial charge in [0.15, 0.2) is 0 Å². The summed E-state index contributed by atoms with van der Waals surface area (Å²) in [4.78, 5) is 4.72. The lowest BCUT2D eigenvalue weighted by Gasteiger charge is -2.48. The Balaban J connectivity index is 2.25. The van der Waals surface area contributed by atoms with Crippen molar-refractivity contribution in [3.05, 3.63) is 12.2 Å². The molecule has 2 nitrogen and oxygen atoms in total. The van der Waals surface area contributed by atoms with Crippen molar-refractivity contribution >= 4 is 0 Å². The van der Waals surface area contributed by atoms with Gasteiger partial charge in [-0.1, -0.05) is 25.5 Å². The van der Waals surface area contributed by atoms with E-state index in [-0.39, 0.29) is 11.5 Å². The molecule has 14 heavy (non-hydrogen) atoms. The van der Waals surface area contributed by atoms with E-state index in [1.165, 1.54) is 19.3 Å². The smallest absolute Gasteiger partial charge is 0.0988 e. The Bertz CT molecular complexity index is 224. The fourth-order valence-corrected chi connectivity index (χ4v) is 3.41. The summed E-state index contributed by atoms with van der Waals surface area (Å²) in [5.41, 5.74) is 0.224. The first-order valence-corrected chi connectivity index (χ1v) is 5.80. The molecule has 0 aliphatic heterocycles. The molecular formula is C12H20O2. The highest BCUT2D eigenvalue weighted by atomic mass is 17.1. The van der Waals surface area contributed by atoms with Gasteiger partial charge < -0.3 is 0 Å². The quantitative estimate of drug-likeness (QED) is 0.417. The predicted octanol–water partition coefficient (Wildman–Crippen LogP) is 3.39. The highest BCUT2D eigenvalue weighted by Gasteiger charge is 2.46. The first-order valence-electron chi connectivity index (χ1n) is 5.80. The Morgan fingerprint density at radius 3 is 3.07 bits per heavy atom. The number of fused-ring (bicyclic) bond motifs is 1. The molecule has 80 valence electrons. The van der Waals surface area contributed by atoms with Crippen molar-refractivity contribution in [2.75, 3.05) is 0 Å². The van der Waals surface area contributed by atoms with Crippen LogP contribution in [0.15, 0.2) is 12.2 Å². The van der Waals surface area contributed by atoms with Gasteiger partial charge in [0.2, 0.25) is 0 Å². The van der Waals surface area contributed by atoms with Gasteiger partial charge in [-0.25, -0.2) is 4.89 Å².